The number of nitrogens with zero attached hydrogens (tertiary/aromatic N) is 1. The van der Waals surface area contributed by atoms with Crippen molar-refractivity contribution in [1.82, 2.24) is 5.32 Å². The molecule has 0 aromatic rings. The average Bonchev–Trinajstić information content (AvgIpc) is 2.24. The van der Waals surface area contributed by atoms with E-state index in [0.717, 1.165) is 19.3 Å². The van der Waals surface area contributed by atoms with E-state index < -0.39 is 6.04 Å². The monoisotopic (exact) mass is 211 g/mol. The molecule has 0 aliphatic rings. The predicted molar refractivity (Wildman–Crippen MR) is 60.0 cm³/mol. The number of carbonyl (C=O) groups is 1. The minimum absolute atomic E-state index is 0.0600. The number of unbranched alkanes of at least 4 members (excludes halogenated alkanes) is 1. The fourth-order valence-corrected chi connectivity index (χ4v) is 1.27. The Labute approximate surface area is 91.8 Å². The number of hydrogen-bond donors (Lipinski definition) is 2. The molecule has 0 radical (unpaired) electrons. The molecule has 0 aromatic carbocycles. The second-order valence-electron chi connectivity index (χ2n) is 3.72. The van der Waals surface area contributed by atoms with Crippen molar-refractivity contribution in [2.45, 2.75) is 58.0 Å². The van der Waals surface area contributed by atoms with Crippen LogP contribution in [0.3, 0.4) is 0 Å². The summed E-state index contributed by atoms with van der Waals surface area (Å²) in [6, 6.07) is 1.56. The molecule has 15 heavy (non-hydrogen) atoms. The first-order valence-corrected chi connectivity index (χ1v) is 5.58. The van der Waals surface area contributed by atoms with E-state index in [1.807, 2.05) is 6.92 Å². The molecule has 0 rings (SSSR count). The van der Waals surface area contributed by atoms with Gasteiger partial charge in [0.15, 0.2) is 0 Å². The molecule has 2 atom stereocenters. The summed E-state index contributed by atoms with van der Waals surface area (Å²) in [4.78, 5) is 11.5. The number of carbonyl (C=O) groups excluding carboxylic acids is 1. The smallest absolute Gasteiger partial charge is 0.237 e. The van der Waals surface area contributed by atoms with Crippen molar-refractivity contribution < 1.29 is 4.79 Å². The summed E-state index contributed by atoms with van der Waals surface area (Å²) in [6.45, 7) is 4.01. The molecule has 0 fully saturated rings. The number of hydrogen-bond acceptors (Lipinski definition) is 3. The van der Waals surface area contributed by atoms with Crippen molar-refractivity contribution in [2.75, 3.05) is 0 Å². The minimum atomic E-state index is -0.433. The molecule has 0 heterocycles. The zero-order valence-electron chi connectivity index (χ0n) is 9.62. The first-order valence-electron chi connectivity index (χ1n) is 5.58. The van der Waals surface area contributed by atoms with E-state index in [2.05, 4.69) is 18.3 Å². The summed E-state index contributed by atoms with van der Waals surface area (Å²) < 4.78 is 0. The molecule has 0 aromatic heterocycles. The Morgan fingerprint density at radius 1 is 1.53 bits per heavy atom. The first kappa shape index (κ1) is 13.9. The molecule has 0 spiro atoms. The SMILES string of the molecule is CCCCC(N)C(=O)NC(CC)CC#N. The highest BCUT2D eigenvalue weighted by molar-refractivity contribution is 5.81. The third-order valence-electron chi connectivity index (χ3n) is 2.38. The summed E-state index contributed by atoms with van der Waals surface area (Å²) in [5.74, 6) is -0.134. The molecule has 4 heteroatoms. The topological polar surface area (TPSA) is 78.9 Å². The molecule has 1 amide bonds. The Hall–Kier alpha value is -1.08. The lowest BCUT2D eigenvalue weighted by molar-refractivity contribution is -0.123. The fourth-order valence-electron chi connectivity index (χ4n) is 1.27. The lowest BCUT2D eigenvalue weighted by atomic mass is 10.1. The summed E-state index contributed by atoms with van der Waals surface area (Å²) in [5, 5.41) is 11.3. The van der Waals surface area contributed by atoms with Crippen molar-refractivity contribution in [3.63, 3.8) is 0 Å². The van der Waals surface area contributed by atoms with Crippen molar-refractivity contribution in [2.24, 2.45) is 5.73 Å². The average molecular weight is 211 g/mol. The summed E-state index contributed by atoms with van der Waals surface area (Å²) >= 11 is 0. The van der Waals surface area contributed by atoms with Gasteiger partial charge in [-0.2, -0.15) is 5.26 Å². The Morgan fingerprint density at radius 2 is 2.20 bits per heavy atom. The van der Waals surface area contributed by atoms with Gasteiger partial charge >= 0.3 is 0 Å². The van der Waals surface area contributed by atoms with Gasteiger partial charge in [0.25, 0.3) is 0 Å². The number of nitrogens with one attached hydrogen (secondary N) is 1. The van der Waals surface area contributed by atoms with E-state index in [9.17, 15) is 4.79 Å². The Balaban J connectivity index is 3.93. The molecule has 2 unspecified atom stereocenters. The molecular weight excluding hydrogens is 190 g/mol. The van der Waals surface area contributed by atoms with Gasteiger partial charge < -0.3 is 11.1 Å². The van der Waals surface area contributed by atoms with Crippen LogP contribution >= 0.6 is 0 Å². The number of amides is 1. The van der Waals surface area contributed by atoms with Gasteiger partial charge in [0.2, 0.25) is 5.91 Å². The maximum Gasteiger partial charge on any atom is 0.237 e. The molecule has 0 bridgehead atoms. The van der Waals surface area contributed by atoms with Crippen molar-refractivity contribution >= 4 is 5.91 Å². The van der Waals surface area contributed by atoms with Crippen LogP contribution < -0.4 is 11.1 Å². The van der Waals surface area contributed by atoms with E-state index in [4.69, 9.17) is 11.0 Å². The van der Waals surface area contributed by atoms with E-state index in [0.29, 0.717) is 12.8 Å². The maximum atomic E-state index is 11.5. The van der Waals surface area contributed by atoms with Crippen LogP contribution in [0.4, 0.5) is 0 Å². The largest absolute Gasteiger partial charge is 0.351 e. The lowest BCUT2D eigenvalue weighted by Crippen LogP contribution is -2.45. The van der Waals surface area contributed by atoms with Gasteiger partial charge in [-0.3, -0.25) is 4.79 Å². The standard InChI is InChI=1S/C11H21N3O/c1-3-5-6-10(13)11(15)14-9(4-2)7-8-12/h9-10H,3-7,13H2,1-2H3,(H,14,15). The predicted octanol–water partition coefficient (Wildman–Crippen LogP) is 1.31. The zero-order chi connectivity index (χ0) is 11.7. The highest BCUT2D eigenvalue weighted by atomic mass is 16.2. The highest BCUT2D eigenvalue weighted by Crippen LogP contribution is 2.01. The van der Waals surface area contributed by atoms with Gasteiger partial charge in [-0.05, 0) is 12.8 Å². The van der Waals surface area contributed by atoms with Crippen LogP contribution in [0.25, 0.3) is 0 Å². The van der Waals surface area contributed by atoms with Gasteiger partial charge in [0.05, 0.1) is 18.5 Å². The molecule has 0 aliphatic heterocycles. The zero-order valence-corrected chi connectivity index (χ0v) is 9.62. The summed E-state index contributed by atoms with van der Waals surface area (Å²) in [6.07, 6.45) is 3.83. The highest BCUT2D eigenvalue weighted by Gasteiger charge is 2.16. The third kappa shape index (κ3) is 6.08. The van der Waals surface area contributed by atoms with Gasteiger partial charge in [0.1, 0.15) is 0 Å². The van der Waals surface area contributed by atoms with Crippen molar-refractivity contribution in [3.8, 4) is 6.07 Å². The normalized spacial score (nSPS) is 14.0. The Morgan fingerprint density at radius 3 is 2.67 bits per heavy atom. The van der Waals surface area contributed by atoms with Crippen LogP contribution in [0.15, 0.2) is 0 Å². The van der Waals surface area contributed by atoms with Gasteiger partial charge in [0, 0.05) is 6.04 Å². The van der Waals surface area contributed by atoms with Crippen LogP contribution in [0, 0.1) is 11.3 Å². The Bertz CT molecular complexity index is 222. The minimum Gasteiger partial charge on any atom is -0.351 e. The van der Waals surface area contributed by atoms with E-state index >= 15 is 0 Å². The second kappa shape index (κ2) is 8.25. The number of nitrogens with two attached hydrogens (primary N) is 1. The van der Waals surface area contributed by atoms with Crippen LogP contribution in [-0.2, 0) is 4.79 Å². The number of rotatable bonds is 7. The molecule has 0 saturated carbocycles. The lowest BCUT2D eigenvalue weighted by Gasteiger charge is -2.17. The van der Waals surface area contributed by atoms with Crippen LogP contribution in [0.2, 0.25) is 0 Å². The molecule has 0 aliphatic carbocycles. The van der Waals surface area contributed by atoms with Crippen LogP contribution in [0.5, 0.6) is 0 Å². The van der Waals surface area contributed by atoms with E-state index in [1.165, 1.54) is 0 Å². The first-order chi connectivity index (χ1) is 7.15. The second-order valence-corrected chi connectivity index (χ2v) is 3.72. The molecule has 86 valence electrons. The molecular formula is C11H21N3O. The van der Waals surface area contributed by atoms with Crippen molar-refractivity contribution in [1.29, 1.82) is 5.26 Å². The summed E-state index contributed by atoms with van der Waals surface area (Å²) in [5.41, 5.74) is 5.71. The fraction of sp³-hybridized carbons (Fsp3) is 0.818. The number of nitriles is 1. The van der Waals surface area contributed by atoms with Crippen LogP contribution in [0.1, 0.15) is 46.0 Å². The maximum absolute atomic E-state index is 11.5. The third-order valence-corrected chi connectivity index (χ3v) is 2.38. The molecule has 4 nitrogen and oxygen atoms in total. The van der Waals surface area contributed by atoms with E-state index in [1.54, 1.807) is 0 Å². The van der Waals surface area contributed by atoms with Crippen molar-refractivity contribution in [3.05, 3.63) is 0 Å². The molecule has 0 saturated heterocycles. The van der Waals surface area contributed by atoms with Gasteiger partial charge in [-0.1, -0.05) is 26.7 Å². The quantitative estimate of drug-likeness (QED) is 0.666. The van der Waals surface area contributed by atoms with Gasteiger partial charge in [-0.15, -0.1) is 0 Å². The Kier molecular flexibility index (Phi) is 7.65. The molecule has 3 N–H and O–H groups in total. The van der Waals surface area contributed by atoms with E-state index in [-0.39, 0.29) is 11.9 Å². The van der Waals surface area contributed by atoms with Crippen LogP contribution in [-0.4, -0.2) is 18.0 Å². The van der Waals surface area contributed by atoms with Gasteiger partial charge in [-0.25, -0.2) is 0 Å². The summed E-state index contributed by atoms with van der Waals surface area (Å²) in [7, 11) is 0.